The van der Waals surface area contributed by atoms with Crippen molar-refractivity contribution in [2.45, 2.75) is 20.4 Å². The molecule has 2 aromatic rings. The van der Waals surface area contributed by atoms with E-state index in [2.05, 4.69) is 6.07 Å². The second-order valence-electron chi connectivity index (χ2n) is 3.29. The Morgan fingerprint density at radius 2 is 2.08 bits per heavy atom. The van der Waals surface area contributed by atoms with Crippen molar-refractivity contribution in [3.05, 3.63) is 35.1 Å². The van der Waals surface area contributed by atoms with Crippen LogP contribution in [0.1, 0.15) is 16.9 Å². The quantitative estimate of drug-likeness (QED) is 0.723. The van der Waals surface area contributed by atoms with Crippen molar-refractivity contribution in [1.82, 2.24) is 0 Å². The first-order valence-corrected chi connectivity index (χ1v) is 4.41. The largest absolute Gasteiger partial charge is 0.461 e. The summed E-state index contributed by atoms with van der Waals surface area (Å²) in [6.07, 6.45) is 0. The molecule has 0 aliphatic rings. The van der Waals surface area contributed by atoms with Crippen LogP contribution in [0, 0.1) is 13.8 Å². The van der Waals surface area contributed by atoms with Crippen LogP contribution in [0.25, 0.3) is 11.0 Å². The van der Waals surface area contributed by atoms with Gasteiger partial charge in [0.2, 0.25) is 0 Å². The van der Waals surface area contributed by atoms with Crippen LogP contribution < -0.4 is 5.73 Å². The molecule has 0 amide bonds. The summed E-state index contributed by atoms with van der Waals surface area (Å²) in [5.74, 6) is 0.937. The molecule has 1 aromatic heterocycles. The Morgan fingerprint density at radius 1 is 1.31 bits per heavy atom. The van der Waals surface area contributed by atoms with E-state index in [9.17, 15) is 0 Å². The number of nitrogens with two attached hydrogens (primary N) is 1. The first-order chi connectivity index (χ1) is 6.24. The van der Waals surface area contributed by atoms with Crippen LogP contribution in [-0.2, 0) is 6.54 Å². The molecule has 0 atom stereocenters. The van der Waals surface area contributed by atoms with Crippen molar-refractivity contribution in [2.75, 3.05) is 0 Å². The molecule has 0 aliphatic heterocycles. The number of para-hydroxylation sites is 1. The number of hydrogen-bond donors (Lipinski definition) is 1. The van der Waals surface area contributed by atoms with Gasteiger partial charge < -0.3 is 10.2 Å². The smallest absolute Gasteiger partial charge is 0.137 e. The summed E-state index contributed by atoms with van der Waals surface area (Å²) in [5, 5.41) is 1.15. The van der Waals surface area contributed by atoms with Crippen molar-refractivity contribution in [3.63, 3.8) is 0 Å². The number of benzene rings is 1. The third kappa shape index (κ3) is 1.14. The number of rotatable bonds is 1. The molecule has 0 unspecified atom stereocenters. The molecule has 0 saturated carbocycles. The van der Waals surface area contributed by atoms with Crippen LogP contribution in [0.15, 0.2) is 22.6 Å². The van der Waals surface area contributed by atoms with E-state index in [-0.39, 0.29) is 0 Å². The first kappa shape index (κ1) is 8.32. The van der Waals surface area contributed by atoms with Crippen LogP contribution in [0.3, 0.4) is 0 Å². The van der Waals surface area contributed by atoms with Gasteiger partial charge in [0, 0.05) is 17.5 Å². The molecular formula is C11H13NO. The maximum atomic E-state index is 5.65. The third-order valence-electron chi connectivity index (χ3n) is 2.42. The SMILES string of the molecule is Cc1oc2c(C)cccc2c1CN. The molecule has 68 valence electrons. The maximum Gasteiger partial charge on any atom is 0.137 e. The molecule has 2 N–H and O–H groups in total. The topological polar surface area (TPSA) is 39.2 Å². The van der Waals surface area contributed by atoms with E-state index >= 15 is 0 Å². The monoisotopic (exact) mass is 175 g/mol. The molecule has 1 aromatic carbocycles. The summed E-state index contributed by atoms with van der Waals surface area (Å²) in [7, 11) is 0. The third-order valence-corrected chi connectivity index (χ3v) is 2.42. The van der Waals surface area contributed by atoms with Gasteiger partial charge >= 0.3 is 0 Å². The number of fused-ring (bicyclic) bond motifs is 1. The number of furan rings is 1. The van der Waals surface area contributed by atoms with E-state index in [4.69, 9.17) is 10.2 Å². The minimum atomic E-state index is 0.544. The summed E-state index contributed by atoms with van der Waals surface area (Å²) in [4.78, 5) is 0. The fraction of sp³-hybridized carbons (Fsp3) is 0.273. The van der Waals surface area contributed by atoms with Crippen molar-refractivity contribution in [1.29, 1.82) is 0 Å². The van der Waals surface area contributed by atoms with E-state index in [0.29, 0.717) is 6.54 Å². The van der Waals surface area contributed by atoms with Gasteiger partial charge in [0.1, 0.15) is 11.3 Å². The summed E-state index contributed by atoms with van der Waals surface area (Å²) in [5.41, 5.74) is 8.91. The van der Waals surface area contributed by atoms with Crippen molar-refractivity contribution >= 4 is 11.0 Å². The highest BCUT2D eigenvalue weighted by molar-refractivity contribution is 5.84. The Morgan fingerprint density at radius 3 is 2.77 bits per heavy atom. The zero-order chi connectivity index (χ0) is 9.42. The van der Waals surface area contributed by atoms with Gasteiger partial charge in [-0.2, -0.15) is 0 Å². The van der Waals surface area contributed by atoms with E-state index in [1.807, 2.05) is 26.0 Å². The fourth-order valence-electron chi connectivity index (χ4n) is 1.68. The zero-order valence-electron chi connectivity index (χ0n) is 7.92. The van der Waals surface area contributed by atoms with Crippen LogP contribution in [-0.4, -0.2) is 0 Å². The minimum Gasteiger partial charge on any atom is -0.461 e. The molecule has 2 rings (SSSR count). The summed E-state index contributed by atoms with van der Waals surface area (Å²) < 4.78 is 5.64. The van der Waals surface area contributed by atoms with Gasteiger partial charge in [0.05, 0.1) is 0 Å². The van der Waals surface area contributed by atoms with Crippen LogP contribution in [0.4, 0.5) is 0 Å². The van der Waals surface area contributed by atoms with Crippen molar-refractivity contribution in [2.24, 2.45) is 5.73 Å². The van der Waals surface area contributed by atoms with Crippen molar-refractivity contribution < 1.29 is 4.42 Å². The van der Waals surface area contributed by atoms with E-state index in [1.54, 1.807) is 0 Å². The Kier molecular flexibility index (Phi) is 1.85. The minimum absolute atomic E-state index is 0.544. The fourth-order valence-corrected chi connectivity index (χ4v) is 1.68. The van der Waals surface area contributed by atoms with Gasteiger partial charge in [0.25, 0.3) is 0 Å². The summed E-state index contributed by atoms with van der Waals surface area (Å²) in [6, 6.07) is 6.14. The predicted molar refractivity (Wildman–Crippen MR) is 53.6 cm³/mol. The molecule has 13 heavy (non-hydrogen) atoms. The zero-order valence-corrected chi connectivity index (χ0v) is 7.92. The lowest BCUT2D eigenvalue weighted by molar-refractivity contribution is 0.570. The molecule has 0 radical (unpaired) electrons. The number of aryl methyl sites for hydroxylation is 2. The summed E-state index contributed by atoms with van der Waals surface area (Å²) >= 11 is 0. The molecule has 2 nitrogen and oxygen atoms in total. The Balaban J connectivity index is 2.86. The van der Waals surface area contributed by atoms with E-state index in [1.165, 1.54) is 5.56 Å². The summed E-state index contributed by atoms with van der Waals surface area (Å²) in [6.45, 7) is 4.55. The van der Waals surface area contributed by atoms with Gasteiger partial charge in [-0.05, 0) is 19.4 Å². The lowest BCUT2D eigenvalue weighted by atomic mass is 10.1. The molecule has 0 fully saturated rings. The highest BCUT2D eigenvalue weighted by Gasteiger charge is 2.09. The van der Waals surface area contributed by atoms with Gasteiger partial charge in [-0.25, -0.2) is 0 Å². The van der Waals surface area contributed by atoms with Gasteiger partial charge in [0.15, 0.2) is 0 Å². The molecule has 1 heterocycles. The molecular weight excluding hydrogens is 162 g/mol. The van der Waals surface area contributed by atoms with E-state index < -0.39 is 0 Å². The number of hydrogen-bond acceptors (Lipinski definition) is 2. The predicted octanol–water partition coefficient (Wildman–Crippen LogP) is 2.51. The van der Waals surface area contributed by atoms with Gasteiger partial charge in [-0.3, -0.25) is 0 Å². The van der Waals surface area contributed by atoms with Crippen LogP contribution in [0.5, 0.6) is 0 Å². The maximum absolute atomic E-state index is 5.65. The lowest BCUT2D eigenvalue weighted by Crippen LogP contribution is -1.96. The second kappa shape index (κ2) is 2.89. The normalized spacial score (nSPS) is 11.0. The van der Waals surface area contributed by atoms with Crippen LogP contribution in [0.2, 0.25) is 0 Å². The molecule has 0 bridgehead atoms. The van der Waals surface area contributed by atoms with Crippen LogP contribution >= 0.6 is 0 Å². The average molecular weight is 175 g/mol. The second-order valence-corrected chi connectivity index (χ2v) is 3.29. The van der Waals surface area contributed by atoms with Gasteiger partial charge in [-0.1, -0.05) is 18.2 Å². The Labute approximate surface area is 77.3 Å². The molecule has 0 aliphatic carbocycles. The highest BCUT2D eigenvalue weighted by atomic mass is 16.3. The Bertz CT molecular complexity index is 443. The molecule has 0 spiro atoms. The standard InChI is InChI=1S/C11H13NO/c1-7-4-3-5-9-10(6-12)8(2)13-11(7)9/h3-5H,6,12H2,1-2H3. The lowest BCUT2D eigenvalue weighted by Gasteiger charge is -1.94. The Hall–Kier alpha value is -1.28. The van der Waals surface area contributed by atoms with Crippen molar-refractivity contribution in [3.8, 4) is 0 Å². The average Bonchev–Trinajstić information content (AvgIpc) is 2.43. The molecule has 2 heteroatoms. The highest BCUT2D eigenvalue weighted by Crippen LogP contribution is 2.27. The molecule has 0 saturated heterocycles. The van der Waals surface area contributed by atoms with Gasteiger partial charge in [-0.15, -0.1) is 0 Å². The first-order valence-electron chi connectivity index (χ1n) is 4.41. The van der Waals surface area contributed by atoms with E-state index in [0.717, 1.165) is 22.3 Å².